The zero-order valence-electron chi connectivity index (χ0n) is 15.0. The van der Waals surface area contributed by atoms with Gasteiger partial charge < -0.3 is 9.80 Å². The topological polar surface area (TPSA) is 54.3 Å². The van der Waals surface area contributed by atoms with Gasteiger partial charge in [-0.1, -0.05) is 11.3 Å². The lowest BCUT2D eigenvalue weighted by molar-refractivity contribution is 0.0717. The molecule has 9 heteroatoms. The number of amides is 1. The molecule has 1 amide bonds. The Morgan fingerprint density at radius 1 is 1.37 bits per heavy atom. The van der Waals surface area contributed by atoms with Gasteiger partial charge in [-0.25, -0.2) is 13.8 Å². The molecular weight excluding hydrogens is 372 g/mol. The van der Waals surface area contributed by atoms with E-state index in [1.165, 1.54) is 17.4 Å². The van der Waals surface area contributed by atoms with Crippen molar-refractivity contribution in [2.45, 2.75) is 18.9 Å². The van der Waals surface area contributed by atoms with Gasteiger partial charge in [0.2, 0.25) is 0 Å². The van der Waals surface area contributed by atoms with Gasteiger partial charge in [0, 0.05) is 45.5 Å². The quantitative estimate of drug-likeness (QED) is 0.689. The van der Waals surface area contributed by atoms with Gasteiger partial charge in [0.05, 0.1) is 16.5 Å². The molecule has 0 radical (unpaired) electrons. The van der Waals surface area contributed by atoms with E-state index in [4.69, 9.17) is 0 Å². The fourth-order valence-corrected chi connectivity index (χ4v) is 4.47. The summed E-state index contributed by atoms with van der Waals surface area (Å²) in [5.74, 6) is -1.33. The fourth-order valence-electron chi connectivity index (χ4n) is 3.43. The molecule has 0 N–H and O–H groups in total. The summed E-state index contributed by atoms with van der Waals surface area (Å²) in [5.41, 5.74) is 0.743. The maximum atomic E-state index is 14.0. The van der Waals surface area contributed by atoms with Crippen LogP contribution in [0.3, 0.4) is 0 Å². The summed E-state index contributed by atoms with van der Waals surface area (Å²) in [6, 6.07) is 2.17. The number of aromatic nitrogens is 3. The molecule has 0 spiro atoms. The first-order valence-corrected chi connectivity index (χ1v) is 9.50. The van der Waals surface area contributed by atoms with Crippen LogP contribution >= 0.6 is 11.3 Å². The first kappa shape index (κ1) is 17.8. The van der Waals surface area contributed by atoms with Crippen molar-refractivity contribution >= 4 is 32.6 Å². The number of aryl methyl sites for hydroxylation is 1. The normalized spacial score (nSPS) is 17.5. The minimum Gasteiger partial charge on any atom is -0.346 e. The van der Waals surface area contributed by atoms with E-state index >= 15 is 0 Å². The molecule has 142 valence electrons. The zero-order chi connectivity index (χ0) is 19.1. The van der Waals surface area contributed by atoms with E-state index in [0.29, 0.717) is 21.9 Å². The molecule has 1 aliphatic heterocycles. The highest BCUT2D eigenvalue weighted by atomic mass is 32.1. The number of rotatable bonds is 3. The lowest BCUT2D eigenvalue weighted by Crippen LogP contribution is -2.48. The van der Waals surface area contributed by atoms with Crippen LogP contribution < -0.4 is 4.90 Å². The number of nitrogens with zero attached hydrogens (tertiary/aromatic N) is 5. The van der Waals surface area contributed by atoms with E-state index in [-0.39, 0.29) is 17.5 Å². The smallest absolute Gasteiger partial charge is 0.257 e. The Bertz CT molecular complexity index is 1000. The average molecular weight is 391 g/mol. The lowest BCUT2D eigenvalue weighted by atomic mass is 10.0. The third kappa shape index (κ3) is 3.39. The molecule has 6 nitrogen and oxygen atoms in total. The second-order valence-electron chi connectivity index (χ2n) is 6.79. The summed E-state index contributed by atoms with van der Waals surface area (Å²) in [7, 11) is 3.56. The first-order valence-electron chi connectivity index (χ1n) is 8.68. The summed E-state index contributed by atoms with van der Waals surface area (Å²) in [6.07, 6.45) is 5.03. The van der Waals surface area contributed by atoms with Crippen LogP contribution in [0.5, 0.6) is 0 Å². The summed E-state index contributed by atoms with van der Waals surface area (Å²) in [4.78, 5) is 20.8. The number of carbonyl (C=O) groups excluding carboxylic acids is 1. The van der Waals surface area contributed by atoms with Crippen molar-refractivity contribution in [2.75, 3.05) is 25.0 Å². The average Bonchev–Trinajstić information content (AvgIpc) is 3.27. The molecule has 1 aromatic carbocycles. The highest BCUT2D eigenvalue weighted by molar-refractivity contribution is 7.22. The Balaban J connectivity index is 1.54. The molecule has 1 unspecified atom stereocenters. The minimum absolute atomic E-state index is 0.0139. The SMILES string of the molecule is CN(C(=O)c1cnn(C)c1)C1CCCN(c2nc3c(F)cc(F)cc3s2)C1. The molecule has 3 heterocycles. The van der Waals surface area contributed by atoms with Gasteiger partial charge in [0.1, 0.15) is 11.3 Å². The van der Waals surface area contributed by atoms with Gasteiger partial charge in [-0.2, -0.15) is 5.10 Å². The number of hydrogen-bond acceptors (Lipinski definition) is 5. The Labute approximate surface area is 159 Å². The number of fused-ring (bicyclic) bond motifs is 1. The molecule has 27 heavy (non-hydrogen) atoms. The largest absolute Gasteiger partial charge is 0.346 e. The number of thiazole rings is 1. The molecule has 1 saturated heterocycles. The Kier molecular flexibility index (Phi) is 4.55. The first-order chi connectivity index (χ1) is 12.9. The summed E-state index contributed by atoms with van der Waals surface area (Å²) >= 11 is 1.27. The minimum atomic E-state index is -0.648. The second-order valence-corrected chi connectivity index (χ2v) is 7.80. The van der Waals surface area contributed by atoms with Crippen molar-refractivity contribution < 1.29 is 13.6 Å². The van der Waals surface area contributed by atoms with E-state index < -0.39 is 11.6 Å². The zero-order valence-corrected chi connectivity index (χ0v) is 15.8. The highest BCUT2D eigenvalue weighted by Gasteiger charge is 2.29. The maximum Gasteiger partial charge on any atom is 0.257 e. The van der Waals surface area contributed by atoms with Crippen LogP contribution in [-0.2, 0) is 7.05 Å². The molecule has 0 aliphatic carbocycles. The van der Waals surface area contributed by atoms with Crippen LogP contribution in [0.15, 0.2) is 24.5 Å². The molecular formula is C18H19F2N5OS. The van der Waals surface area contributed by atoms with Gasteiger partial charge in [-0.3, -0.25) is 9.48 Å². The third-order valence-corrected chi connectivity index (χ3v) is 5.95. The molecule has 0 saturated carbocycles. The number of halogens is 2. The molecule has 4 rings (SSSR count). The number of carbonyl (C=O) groups is 1. The lowest BCUT2D eigenvalue weighted by Gasteiger charge is -2.37. The predicted octanol–water partition coefficient (Wildman–Crippen LogP) is 3.05. The standard InChI is InChI=1S/C18H19F2N5OS/c1-23-9-11(8-21-23)17(26)24(2)13-4-3-5-25(10-13)18-22-16-14(20)6-12(19)7-15(16)27-18/h6-9,13H,3-5,10H2,1-2H3. The van der Waals surface area contributed by atoms with Gasteiger partial charge >= 0.3 is 0 Å². The number of benzene rings is 1. The van der Waals surface area contributed by atoms with E-state index in [1.54, 1.807) is 36.1 Å². The number of likely N-dealkylation sites (N-methyl/N-ethyl adjacent to an activating group) is 1. The van der Waals surface area contributed by atoms with Gasteiger partial charge in [0.25, 0.3) is 5.91 Å². The monoisotopic (exact) mass is 391 g/mol. The molecule has 1 atom stereocenters. The van der Waals surface area contributed by atoms with E-state index in [1.807, 2.05) is 4.90 Å². The van der Waals surface area contributed by atoms with Crippen LogP contribution in [0.2, 0.25) is 0 Å². The maximum absolute atomic E-state index is 14.0. The second kappa shape index (κ2) is 6.88. The van der Waals surface area contributed by atoms with Gasteiger partial charge in [0.15, 0.2) is 10.9 Å². The van der Waals surface area contributed by atoms with Crippen LogP contribution in [0.4, 0.5) is 13.9 Å². The summed E-state index contributed by atoms with van der Waals surface area (Å²) < 4.78 is 29.5. The van der Waals surface area contributed by atoms with Crippen LogP contribution in [-0.4, -0.2) is 51.8 Å². The van der Waals surface area contributed by atoms with Crippen LogP contribution in [0.1, 0.15) is 23.2 Å². The highest BCUT2D eigenvalue weighted by Crippen LogP contribution is 2.33. The molecule has 0 bridgehead atoms. The van der Waals surface area contributed by atoms with Gasteiger partial charge in [-0.05, 0) is 18.9 Å². The number of piperidine rings is 1. The van der Waals surface area contributed by atoms with E-state index in [2.05, 4.69) is 10.1 Å². The van der Waals surface area contributed by atoms with Crippen molar-refractivity contribution in [3.8, 4) is 0 Å². The number of anilines is 1. The van der Waals surface area contributed by atoms with Crippen LogP contribution in [0, 0.1) is 11.6 Å². The molecule has 2 aromatic heterocycles. The molecule has 1 aliphatic rings. The van der Waals surface area contributed by atoms with Crippen molar-refractivity contribution in [3.63, 3.8) is 0 Å². The van der Waals surface area contributed by atoms with Crippen molar-refractivity contribution in [2.24, 2.45) is 7.05 Å². The molecule has 1 fully saturated rings. The molecule has 3 aromatic rings. The summed E-state index contributed by atoms with van der Waals surface area (Å²) in [6.45, 7) is 1.38. The fraction of sp³-hybridized carbons (Fsp3) is 0.389. The Morgan fingerprint density at radius 2 is 2.19 bits per heavy atom. The van der Waals surface area contributed by atoms with E-state index in [0.717, 1.165) is 25.5 Å². The predicted molar refractivity (Wildman–Crippen MR) is 100 cm³/mol. The van der Waals surface area contributed by atoms with E-state index in [9.17, 15) is 13.6 Å². The Hall–Kier alpha value is -2.55. The Morgan fingerprint density at radius 3 is 2.93 bits per heavy atom. The van der Waals surface area contributed by atoms with Crippen molar-refractivity contribution in [1.29, 1.82) is 0 Å². The van der Waals surface area contributed by atoms with Gasteiger partial charge in [-0.15, -0.1) is 0 Å². The van der Waals surface area contributed by atoms with Crippen molar-refractivity contribution in [1.82, 2.24) is 19.7 Å². The van der Waals surface area contributed by atoms with Crippen molar-refractivity contribution in [3.05, 3.63) is 41.7 Å². The third-order valence-electron chi connectivity index (χ3n) is 4.89. The summed E-state index contributed by atoms with van der Waals surface area (Å²) in [5, 5.41) is 4.71. The van der Waals surface area contributed by atoms with Crippen LogP contribution in [0.25, 0.3) is 10.2 Å². The number of hydrogen-bond donors (Lipinski definition) is 0.